The molecule has 0 fully saturated rings. The highest BCUT2D eigenvalue weighted by Gasteiger charge is 2.11. The number of hydrogen-bond donors (Lipinski definition) is 1. The number of aryl methyl sites for hydroxylation is 1. The zero-order chi connectivity index (χ0) is 12.4. The van der Waals surface area contributed by atoms with Gasteiger partial charge in [0.15, 0.2) is 5.13 Å². The van der Waals surface area contributed by atoms with Crippen molar-refractivity contribution in [1.29, 1.82) is 0 Å². The quantitative estimate of drug-likeness (QED) is 0.868. The molecule has 0 aliphatic carbocycles. The molecule has 2 nitrogen and oxygen atoms in total. The molecule has 1 heterocycles. The van der Waals surface area contributed by atoms with Gasteiger partial charge in [-0.15, -0.1) is 11.8 Å². The Bertz CT molecular complexity index is 520. The van der Waals surface area contributed by atoms with Crippen LogP contribution in [0.4, 0.5) is 13.9 Å². The number of hydrogen-bond acceptors (Lipinski definition) is 4. The number of benzene rings is 1. The summed E-state index contributed by atoms with van der Waals surface area (Å²) in [6.07, 6.45) is 0. The summed E-state index contributed by atoms with van der Waals surface area (Å²) in [6, 6.07) is 3.87. The molecule has 0 saturated heterocycles. The Morgan fingerprint density at radius 1 is 1.35 bits per heavy atom. The van der Waals surface area contributed by atoms with Crippen LogP contribution in [0.2, 0.25) is 0 Å². The first-order valence-corrected chi connectivity index (χ1v) is 6.66. The molecule has 0 amide bonds. The third-order valence-corrected chi connectivity index (χ3v) is 4.56. The predicted molar refractivity (Wildman–Crippen MR) is 67.2 cm³/mol. The first-order valence-electron chi connectivity index (χ1n) is 4.86. The third-order valence-electron chi connectivity index (χ3n) is 2.18. The molecule has 0 aliphatic rings. The monoisotopic (exact) mass is 272 g/mol. The van der Waals surface area contributed by atoms with Gasteiger partial charge < -0.3 is 5.73 Å². The van der Waals surface area contributed by atoms with Crippen LogP contribution in [0.3, 0.4) is 0 Å². The summed E-state index contributed by atoms with van der Waals surface area (Å²) in [5.74, 6) is -0.804. The first-order chi connectivity index (χ1) is 8.08. The van der Waals surface area contributed by atoms with Gasteiger partial charge in [-0.3, -0.25) is 0 Å². The van der Waals surface area contributed by atoms with E-state index in [1.807, 2.05) is 6.92 Å². The van der Waals surface area contributed by atoms with Crippen LogP contribution in [0.1, 0.15) is 11.3 Å². The second-order valence-electron chi connectivity index (χ2n) is 3.41. The molecule has 90 valence electrons. The van der Waals surface area contributed by atoms with Gasteiger partial charge in [0.1, 0.15) is 11.6 Å². The Kier molecular flexibility index (Phi) is 3.63. The van der Waals surface area contributed by atoms with Gasteiger partial charge in [0.2, 0.25) is 0 Å². The van der Waals surface area contributed by atoms with Crippen molar-refractivity contribution in [3.63, 3.8) is 0 Å². The maximum absolute atomic E-state index is 13.4. The van der Waals surface area contributed by atoms with Gasteiger partial charge in [0.05, 0.1) is 9.90 Å². The lowest BCUT2D eigenvalue weighted by Crippen LogP contribution is -1.92. The van der Waals surface area contributed by atoms with Crippen LogP contribution in [0.15, 0.2) is 22.4 Å². The lowest BCUT2D eigenvalue weighted by atomic mass is 10.2. The average Bonchev–Trinajstić information content (AvgIpc) is 2.57. The molecule has 0 bridgehead atoms. The number of thioether (sulfide) groups is 1. The molecule has 17 heavy (non-hydrogen) atoms. The van der Waals surface area contributed by atoms with E-state index < -0.39 is 11.6 Å². The van der Waals surface area contributed by atoms with Crippen LogP contribution in [0.5, 0.6) is 0 Å². The molecule has 1 aromatic carbocycles. The standard InChI is InChI=1S/C11H10F2N2S2/c1-6-10(17-11(14)15-6)16-5-7-8(12)3-2-4-9(7)13/h2-4H,5H2,1H3,(H2,14,15). The van der Waals surface area contributed by atoms with Gasteiger partial charge >= 0.3 is 0 Å². The Morgan fingerprint density at radius 3 is 2.53 bits per heavy atom. The molecule has 1 aromatic heterocycles. The fourth-order valence-corrected chi connectivity index (χ4v) is 3.38. The Hall–Kier alpha value is -1.14. The molecule has 6 heteroatoms. The van der Waals surface area contributed by atoms with Crippen molar-refractivity contribution in [3.05, 3.63) is 41.1 Å². The Balaban J connectivity index is 2.15. The Labute approximate surface area is 106 Å². The molecule has 0 aliphatic heterocycles. The summed E-state index contributed by atoms with van der Waals surface area (Å²) in [5, 5.41) is 0.471. The fourth-order valence-electron chi connectivity index (χ4n) is 1.34. The van der Waals surface area contributed by atoms with Gasteiger partial charge in [0.25, 0.3) is 0 Å². The maximum atomic E-state index is 13.4. The second-order valence-corrected chi connectivity index (χ2v) is 5.69. The average molecular weight is 272 g/mol. The van der Waals surface area contributed by atoms with Gasteiger partial charge in [-0.1, -0.05) is 17.4 Å². The lowest BCUT2D eigenvalue weighted by Gasteiger charge is -2.03. The van der Waals surface area contributed by atoms with Crippen LogP contribution < -0.4 is 5.73 Å². The summed E-state index contributed by atoms with van der Waals surface area (Å²) >= 11 is 2.68. The molecule has 2 aromatic rings. The van der Waals surface area contributed by atoms with Crippen LogP contribution in [0.25, 0.3) is 0 Å². The number of nitrogens with zero attached hydrogens (tertiary/aromatic N) is 1. The molecule has 0 radical (unpaired) electrons. The number of aromatic nitrogens is 1. The smallest absolute Gasteiger partial charge is 0.181 e. The van der Waals surface area contributed by atoms with Crippen LogP contribution in [0, 0.1) is 18.6 Å². The normalized spacial score (nSPS) is 10.8. The minimum absolute atomic E-state index is 0.0869. The zero-order valence-corrected chi connectivity index (χ0v) is 10.7. The summed E-state index contributed by atoms with van der Waals surface area (Å²) in [7, 11) is 0. The molecular formula is C11H10F2N2S2. The van der Waals surface area contributed by atoms with E-state index in [2.05, 4.69) is 4.98 Å². The van der Waals surface area contributed by atoms with E-state index >= 15 is 0 Å². The van der Waals surface area contributed by atoms with Crippen molar-refractivity contribution in [2.45, 2.75) is 16.9 Å². The van der Waals surface area contributed by atoms with Crippen molar-refractivity contribution in [1.82, 2.24) is 4.98 Å². The van der Waals surface area contributed by atoms with E-state index in [9.17, 15) is 8.78 Å². The number of thiazole rings is 1. The summed E-state index contributed by atoms with van der Waals surface area (Å²) in [5.41, 5.74) is 6.44. The summed E-state index contributed by atoms with van der Waals surface area (Å²) in [4.78, 5) is 4.06. The van der Waals surface area contributed by atoms with Crippen molar-refractivity contribution in [2.75, 3.05) is 5.73 Å². The van der Waals surface area contributed by atoms with Gasteiger partial charge in [-0.2, -0.15) is 0 Å². The van der Waals surface area contributed by atoms with Crippen molar-refractivity contribution >= 4 is 28.2 Å². The van der Waals surface area contributed by atoms with E-state index in [4.69, 9.17) is 5.73 Å². The number of anilines is 1. The highest BCUT2D eigenvalue weighted by Crippen LogP contribution is 2.33. The van der Waals surface area contributed by atoms with E-state index in [0.717, 1.165) is 9.90 Å². The Morgan fingerprint density at radius 2 is 2.00 bits per heavy atom. The topological polar surface area (TPSA) is 38.9 Å². The fraction of sp³-hybridized carbons (Fsp3) is 0.182. The molecule has 0 spiro atoms. The van der Waals surface area contributed by atoms with Gasteiger partial charge in [0, 0.05) is 11.3 Å². The van der Waals surface area contributed by atoms with Crippen LogP contribution >= 0.6 is 23.1 Å². The van der Waals surface area contributed by atoms with Crippen LogP contribution in [-0.2, 0) is 5.75 Å². The molecule has 2 N–H and O–H groups in total. The number of halogens is 2. The van der Waals surface area contributed by atoms with E-state index in [1.54, 1.807) is 0 Å². The van der Waals surface area contributed by atoms with Crippen molar-refractivity contribution in [2.24, 2.45) is 0 Å². The first kappa shape index (κ1) is 12.3. The minimum Gasteiger partial charge on any atom is -0.375 e. The highest BCUT2D eigenvalue weighted by atomic mass is 32.2. The summed E-state index contributed by atoms with van der Waals surface area (Å²) < 4.78 is 27.6. The van der Waals surface area contributed by atoms with Crippen LogP contribution in [-0.4, -0.2) is 4.98 Å². The largest absolute Gasteiger partial charge is 0.375 e. The molecular weight excluding hydrogens is 262 g/mol. The van der Waals surface area contributed by atoms with Crippen molar-refractivity contribution in [3.8, 4) is 0 Å². The third kappa shape index (κ3) is 2.76. The SMILES string of the molecule is Cc1nc(N)sc1SCc1c(F)cccc1F. The number of nitrogen functional groups attached to an aromatic ring is 1. The minimum atomic E-state index is -0.521. The predicted octanol–water partition coefficient (Wildman–Crippen LogP) is 3.60. The second kappa shape index (κ2) is 5.01. The van der Waals surface area contributed by atoms with Crippen molar-refractivity contribution < 1.29 is 8.78 Å². The number of rotatable bonds is 3. The van der Waals surface area contributed by atoms with E-state index in [1.165, 1.54) is 41.3 Å². The van der Waals surface area contributed by atoms with E-state index in [0.29, 0.717) is 5.13 Å². The summed E-state index contributed by atoms with van der Waals surface area (Å²) in [6.45, 7) is 1.83. The lowest BCUT2D eigenvalue weighted by molar-refractivity contribution is 0.566. The van der Waals surface area contributed by atoms with Gasteiger partial charge in [-0.25, -0.2) is 13.8 Å². The maximum Gasteiger partial charge on any atom is 0.181 e. The number of nitrogens with two attached hydrogens (primary N) is 1. The highest BCUT2D eigenvalue weighted by molar-refractivity contribution is 8.00. The molecule has 0 atom stereocenters. The molecule has 2 rings (SSSR count). The molecule has 0 unspecified atom stereocenters. The van der Waals surface area contributed by atoms with Gasteiger partial charge in [-0.05, 0) is 19.1 Å². The zero-order valence-electron chi connectivity index (χ0n) is 9.04. The molecule has 0 saturated carbocycles. The van der Waals surface area contributed by atoms with E-state index in [-0.39, 0.29) is 11.3 Å².